The van der Waals surface area contributed by atoms with E-state index in [2.05, 4.69) is 0 Å². The Morgan fingerprint density at radius 2 is 1.86 bits per heavy atom. The van der Waals surface area contributed by atoms with Gasteiger partial charge in [-0.3, -0.25) is 4.79 Å². The summed E-state index contributed by atoms with van der Waals surface area (Å²) >= 11 is 1.43. The van der Waals surface area contributed by atoms with Gasteiger partial charge in [0.15, 0.2) is 16.7 Å². The average molecular weight is 518 g/mol. The molecule has 10 nitrogen and oxygen atoms in total. The summed E-state index contributed by atoms with van der Waals surface area (Å²) in [6.07, 6.45) is 0.181. The van der Waals surface area contributed by atoms with Gasteiger partial charge in [0.25, 0.3) is 0 Å². The molecule has 1 atom stereocenters. The largest absolute Gasteiger partial charge is 0.493 e. The van der Waals surface area contributed by atoms with E-state index in [1.807, 2.05) is 22.4 Å². The molecular weight excluding hydrogens is 486 g/mol. The molecule has 0 N–H and O–H groups in total. The number of hydrogen-bond donors (Lipinski definition) is 0. The van der Waals surface area contributed by atoms with E-state index in [0.29, 0.717) is 54.2 Å². The Bertz CT molecular complexity index is 1100. The van der Waals surface area contributed by atoms with Gasteiger partial charge in [0.05, 0.1) is 57.8 Å². The number of allylic oxidation sites excluding steroid dienone is 1. The molecule has 11 heteroatoms. The summed E-state index contributed by atoms with van der Waals surface area (Å²) in [5, 5.41) is 2.63. The quantitative estimate of drug-likeness (QED) is 0.362. The van der Waals surface area contributed by atoms with Crippen LogP contribution in [0.1, 0.15) is 24.9 Å². The predicted molar refractivity (Wildman–Crippen MR) is 135 cm³/mol. The van der Waals surface area contributed by atoms with E-state index in [9.17, 15) is 9.59 Å². The summed E-state index contributed by atoms with van der Waals surface area (Å²) in [7, 11) is 4.68. The standard InChI is InChI=1S/C25H31N3O7S/c1-16-22(24(30)35-12-11-31-2)23(17-5-6-19(32-3)20(13-17)33-4)28-18(15-36-25(28)26-16)14-21(29)27-7-9-34-10-8-27/h5-6,13,15,23H,7-12,14H2,1-4H3/t23-/m1/s1. The maximum Gasteiger partial charge on any atom is 0.338 e. The van der Waals surface area contributed by atoms with Crippen LogP contribution in [0, 0.1) is 0 Å². The van der Waals surface area contributed by atoms with Crippen molar-refractivity contribution in [2.24, 2.45) is 4.99 Å². The molecule has 194 valence electrons. The monoisotopic (exact) mass is 517 g/mol. The topological polar surface area (TPSA) is 99.1 Å². The fraction of sp³-hybridized carbons (Fsp3) is 0.480. The number of hydrogen-bond acceptors (Lipinski definition) is 10. The molecule has 0 aliphatic carbocycles. The third-order valence-corrected chi connectivity index (χ3v) is 7.05. The minimum absolute atomic E-state index is 0.00737. The molecule has 0 saturated carbocycles. The molecule has 4 rings (SSSR count). The highest BCUT2D eigenvalue weighted by molar-refractivity contribution is 8.16. The summed E-state index contributed by atoms with van der Waals surface area (Å²) in [5.41, 5.74) is 2.51. The molecule has 3 heterocycles. The third-order valence-electron chi connectivity index (χ3n) is 6.16. The van der Waals surface area contributed by atoms with Crippen molar-refractivity contribution in [2.75, 3.05) is 60.8 Å². The van der Waals surface area contributed by atoms with Gasteiger partial charge < -0.3 is 33.5 Å². The molecule has 1 aromatic rings. The predicted octanol–water partition coefficient (Wildman–Crippen LogP) is 2.72. The SMILES string of the molecule is COCCOC(=O)C1=C(C)N=C2SC=C(CC(=O)N3CCOCC3)N2[C@@H]1c1ccc(OC)c(OC)c1. The van der Waals surface area contributed by atoms with Crippen molar-refractivity contribution in [3.63, 3.8) is 0 Å². The number of methoxy groups -OCH3 is 3. The maximum absolute atomic E-state index is 13.3. The van der Waals surface area contributed by atoms with Crippen molar-refractivity contribution >= 4 is 28.8 Å². The molecular formula is C25H31N3O7S. The molecule has 1 saturated heterocycles. The summed E-state index contributed by atoms with van der Waals surface area (Å²) in [5.74, 6) is 0.631. The van der Waals surface area contributed by atoms with Crippen molar-refractivity contribution in [2.45, 2.75) is 19.4 Å². The first-order chi connectivity index (χ1) is 17.5. The Labute approximate surface area is 214 Å². The van der Waals surface area contributed by atoms with E-state index < -0.39 is 12.0 Å². The van der Waals surface area contributed by atoms with E-state index in [1.165, 1.54) is 11.8 Å². The van der Waals surface area contributed by atoms with E-state index in [-0.39, 0.29) is 25.5 Å². The zero-order valence-corrected chi connectivity index (χ0v) is 21.8. The number of nitrogens with zero attached hydrogens (tertiary/aromatic N) is 3. The summed E-state index contributed by atoms with van der Waals surface area (Å²) < 4.78 is 26.9. The van der Waals surface area contributed by atoms with Gasteiger partial charge in [-0.05, 0) is 30.0 Å². The lowest BCUT2D eigenvalue weighted by Gasteiger charge is -2.37. The highest BCUT2D eigenvalue weighted by atomic mass is 32.2. The van der Waals surface area contributed by atoms with Crippen LogP contribution in [0.25, 0.3) is 0 Å². The van der Waals surface area contributed by atoms with Crippen LogP contribution in [-0.2, 0) is 23.8 Å². The number of ether oxygens (including phenoxy) is 5. The molecule has 3 aliphatic rings. The lowest BCUT2D eigenvalue weighted by molar-refractivity contribution is -0.141. The number of esters is 1. The van der Waals surface area contributed by atoms with Crippen LogP contribution in [0.4, 0.5) is 0 Å². The second-order valence-corrected chi connectivity index (χ2v) is 9.14. The van der Waals surface area contributed by atoms with Gasteiger partial charge in [-0.25, -0.2) is 9.79 Å². The molecule has 0 spiro atoms. The Hall–Kier alpha value is -3.02. The van der Waals surface area contributed by atoms with Crippen LogP contribution >= 0.6 is 11.8 Å². The Morgan fingerprint density at radius 3 is 2.56 bits per heavy atom. The van der Waals surface area contributed by atoms with Gasteiger partial charge in [-0.2, -0.15) is 0 Å². The number of amidine groups is 1. The molecule has 0 bridgehead atoms. The van der Waals surface area contributed by atoms with Gasteiger partial charge >= 0.3 is 5.97 Å². The number of morpholine rings is 1. The van der Waals surface area contributed by atoms with Crippen molar-refractivity contribution in [3.8, 4) is 11.5 Å². The number of rotatable bonds is 9. The zero-order chi connectivity index (χ0) is 25.7. The normalized spacial score (nSPS) is 19.5. The van der Waals surface area contributed by atoms with E-state index in [4.69, 9.17) is 28.7 Å². The molecule has 1 amide bonds. The second kappa shape index (κ2) is 11.8. The smallest absolute Gasteiger partial charge is 0.338 e. The van der Waals surface area contributed by atoms with Crippen LogP contribution in [0.2, 0.25) is 0 Å². The van der Waals surface area contributed by atoms with Crippen LogP contribution < -0.4 is 9.47 Å². The number of amides is 1. The molecule has 1 aromatic carbocycles. The lowest BCUT2D eigenvalue weighted by atomic mass is 9.93. The third kappa shape index (κ3) is 5.37. The minimum atomic E-state index is -0.564. The van der Waals surface area contributed by atoms with Gasteiger partial charge in [0.1, 0.15) is 6.61 Å². The fourth-order valence-electron chi connectivity index (χ4n) is 4.34. The van der Waals surface area contributed by atoms with Gasteiger partial charge in [-0.1, -0.05) is 17.8 Å². The first-order valence-corrected chi connectivity index (χ1v) is 12.5. The number of fused-ring (bicyclic) bond motifs is 1. The first-order valence-electron chi connectivity index (χ1n) is 11.7. The molecule has 0 unspecified atom stereocenters. The number of carbonyl (C=O) groups excluding carboxylic acids is 2. The molecule has 0 radical (unpaired) electrons. The highest BCUT2D eigenvalue weighted by Crippen LogP contribution is 2.46. The summed E-state index contributed by atoms with van der Waals surface area (Å²) in [6, 6.07) is 4.96. The average Bonchev–Trinajstić information content (AvgIpc) is 3.29. The highest BCUT2D eigenvalue weighted by Gasteiger charge is 2.41. The fourth-order valence-corrected chi connectivity index (χ4v) is 5.31. The van der Waals surface area contributed by atoms with Crippen LogP contribution in [0.5, 0.6) is 11.5 Å². The zero-order valence-electron chi connectivity index (χ0n) is 20.9. The van der Waals surface area contributed by atoms with Crippen molar-refractivity contribution in [1.82, 2.24) is 9.80 Å². The van der Waals surface area contributed by atoms with Crippen LogP contribution in [-0.4, -0.2) is 87.7 Å². The number of aliphatic imine (C=N–C) groups is 1. The summed E-state index contributed by atoms with van der Waals surface area (Å²) in [6.45, 7) is 4.39. The lowest BCUT2D eigenvalue weighted by Crippen LogP contribution is -2.42. The first kappa shape index (κ1) is 26.1. The molecule has 3 aliphatic heterocycles. The number of carbonyl (C=O) groups is 2. The minimum Gasteiger partial charge on any atom is -0.493 e. The Morgan fingerprint density at radius 1 is 1.11 bits per heavy atom. The summed E-state index contributed by atoms with van der Waals surface area (Å²) in [4.78, 5) is 34.9. The number of thioether (sulfide) groups is 1. The molecule has 36 heavy (non-hydrogen) atoms. The van der Waals surface area contributed by atoms with E-state index >= 15 is 0 Å². The van der Waals surface area contributed by atoms with Gasteiger partial charge in [0.2, 0.25) is 5.91 Å². The Balaban J connectivity index is 1.71. The molecule has 1 fully saturated rings. The van der Waals surface area contributed by atoms with E-state index in [0.717, 1.165) is 11.3 Å². The number of benzene rings is 1. The van der Waals surface area contributed by atoms with Crippen molar-refractivity contribution in [1.29, 1.82) is 0 Å². The van der Waals surface area contributed by atoms with E-state index in [1.54, 1.807) is 39.2 Å². The van der Waals surface area contributed by atoms with Gasteiger partial charge in [-0.15, -0.1) is 0 Å². The van der Waals surface area contributed by atoms with Crippen LogP contribution in [0.3, 0.4) is 0 Å². The van der Waals surface area contributed by atoms with Crippen molar-refractivity contribution < 1.29 is 33.3 Å². The van der Waals surface area contributed by atoms with Gasteiger partial charge in [0, 0.05) is 25.9 Å². The Kier molecular flexibility index (Phi) is 8.55. The maximum atomic E-state index is 13.3. The van der Waals surface area contributed by atoms with Crippen molar-refractivity contribution in [3.05, 3.63) is 46.1 Å². The van der Waals surface area contributed by atoms with Crippen LogP contribution in [0.15, 0.2) is 45.6 Å². The molecule has 0 aromatic heterocycles. The second-order valence-electron chi connectivity index (χ2n) is 8.31.